The number of nitrogens with one attached hydrogen (secondary N) is 1. The van der Waals surface area contributed by atoms with Gasteiger partial charge in [0.2, 0.25) is 0 Å². The van der Waals surface area contributed by atoms with Crippen LogP contribution in [0.4, 0.5) is 0 Å². The number of fused-ring (bicyclic) bond motifs is 2. The van der Waals surface area contributed by atoms with Gasteiger partial charge >= 0.3 is 0 Å². The third-order valence-electron chi connectivity index (χ3n) is 4.02. The molecule has 1 aliphatic carbocycles. The van der Waals surface area contributed by atoms with E-state index in [1.165, 1.54) is 24.8 Å². The van der Waals surface area contributed by atoms with E-state index in [1.807, 2.05) is 23.7 Å². The van der Waals surface area contributed by atoms with Crippen LogP contribution in [0, 0.1) is 0 Å². The maximum absolute atomic E-state index is 4.40. The van der Waals surface area contributed by atoms with Gasteiger partial charge < -0.3 is 5.32 Å². The van der Waals surface area contributed by atoms with Crippen LogP contribution < -0.4 is 5.32 Å². The van der Waals surface area contributed by atoms with Crippen molar-refractivity contribution < 1.29 is 0 Å². The number of imidazole rings is 1. The molecule has 3 aromatic rings. The van der Waals surface area contributed by atoms with Crippen LogP contribution in [0.2, 0.25) is 0 Å². The van der Waals surface area contributed by atoms with Crippen molar-refractivity contribution in [3.05, 3.63) is 50.8 Å². The molecule has 4 rings (SSSR count). The van der Waals surface area contributed by atoms with Gasteiger partial charge in [0.1, 0.15) is 4.60 Å². The third kappa shape index (κ3) is 2.52. The zero-order valence-corrected chi connectivity index (χ0v) is 13.8. The molecule has 1 atom stereocenters. The number of nitrogens with zero attached hydrogens (tertiary/aromatic N) is 3. The molecule has 0 saturated heterocycles. The van der Waals surface area contributed by atoms with Crippen LogP contribution in [-0.2, 0) is 13.0 Å². The predicted molar refractivity (Wildman–Crippen MR) is 87.5 cm³/mol. The zero-order valence-electron chi connectivity index (χ0n) is 11.4. The molecule has 0 saturated carbocycles. The largest absolute Gasteiger partial charge is 0.304 e. The summed E-state index contributed by atoms with van der Waals surface area (Å²) >= 11 is 5.30. The lowest BCUT2D eigenvalue weighted by molar-refractivity contribution is 0.459. The minimum Gasteiger partial charge on any atom is -0.304 e. The monoisotopic (exact) mass is 362 g/mol. The highest BCUT2D eigenvalue weighted by molar-refractivity contribution is 9.10. The Hall–Kier alpha value is -1.24. The van der Waals surface area contributed by atoms with Crippen molar-refractivity contribution in [2.75, 3.05) is 0 Å². The molecule has 0 aromatic carbocycles. The van der Waals surface area contributed by atoms with Crippen molar-refractivity contribution >= 4 is 32.9 Å². The van der Waals surface area contributed by atoms with E-state index in [-0.39, 0.29) is 0 Å². The molecule has 4 nitrogen and oxygen atoms in total. The molecule has 3 heterocycles. The normalized spacial score (nSPS) is 18.0. The molecule has 1 unspecified atom stereocenters. The van der Waals surface area contributed by atoms with E-state index in [0.717, 1.165) is 22.5 Å². The SMILES string of the molecule is Brc1cn2c(CNC3CCCc4sccc43)cnc2cn1. The summed E-state index contributed by atoms with van der Waals surface area (Å²) in [6, 6.07) is 2.74. The summed E-state index contributed by atoms with van der Waals surface area (Å²) in [6.45, 7) is 0.817. The second-order valence-electron chi connectivity index (χ2n) is 5.31. The minimum absolute atomic E-state index is 0.468. The fraction of sp³-hybridized carbons (Fsp3) is 0.333. The maximum atomic E-state index is 4.40. The number of aromatic nitrogens is 3. The van der Waals surface area contributed by atoms with Gasteiger partial charge in [-0.25, -0.2) is 9.97 Å². The molecule has 108 valence electrons. The summed E-state index contributed by atoms with van der Waals surface area (Å²) in [7, 11) is 0. The fourth-order valence-corrected chi connectivity index (χ4v) is 4.27. The first kappa shape index (κ1) is 13.4. The fourth-order valence-electron chi connectivity index (χ4n) is 2.97. The number of aryl methyl sites for hydroxylation is 1. The molecule has 0 radical (unpaired) electrons. The highest BCUT2D eigenvalue weighted by atomic mass is 79.9. The van der Waals surface area contributed by atoms with Gasteiger partial charge in [-0.2, -0.15) is 0 Å². The molecular weight excluding hydrogens is 348 g/mol. The number of halogens is 1. The second-order valence-corrected chi connectivity index (χ2v) is 7.13. The van der Waals surface area contributed by atoms with Gasteiger partial charge in [-0.3, -0.25) is 4.40 Å². The lowest BCUT2D eigenvalue weighted by Gasteiger charge is -2.23. The van der Waals surface area contributed by atoms with Gasteiger partial charge in [0.05, 0.1) is 18.1 Å². The summed E-state index contributed by atoms with van der Waals surface area (Å²) in [5, 5.41) is 5.90. The number of hydrogen-bond acceptors (Lipinski definition) is 4. The van der Waals surface area contributed by atoms with Crippen molar-refractivity contribution in [3.8, 4) is 0 Å². The van der Waals surface area contributed by atoms with Crippen molar-refractivity contribution in [2.45, 2.75) is 31.8 Å². The lowest BCUT2D eigenvalue weighted by atomic mass is 9.94. The standard InChI is InChI=1S/C15H15BrN4S/c16-14-9-20-10(7-19-15(20)8-18-14)6-17-12-2-1-3-13-11(12)4-5-21-13/h4-5,7-9,12,17H,1-3,6H2. The van der Waals surface area contributed by atoms with Crippen LogP contribution in [0.5, 0.6) is 0 Å². The third-order valence-corrected chi connectivity index (χ3v) is 5.43. The van der Waals surface area contributed by atoms with E-state index in [2.05, 4.69) is 47.1 Å². The van der Waals surface area contributed by atoms with Gasteiger partial charge in [-0.15, -0.1) is 11.3 Å². The number of hydrogen-bond donors (Lipinski definition) is 1. The minimum atomic E-state index is 0.468. The van der Waals surface area contributed by atoms with Crippen LogP contribution in [-0.4, -0.2) is 14.4 Å². The Morgan fingerprint density at radius 3 is 3.29 bits per heavy atom. The number of thiophene rings is 1. The molecule has 1 aliphatic rings. The molecule has 0 bridgehead atoms. The molecule has 0 amide bonds. The van der Waals surface area contributed by atoms with Gasteiger partial charge in [0, 0.05) is 23.7 Å². The van der Waals surface area contributed by atoms with E-state index in [4.69, 9.17) is 0 Å². The summed E-state index contributed by atoms with van der Waals surface area (Å²) in [5.74, 6) is 0. The van der Waals surface area contributed by atoms with Crippen LogP contribution in [0.15, 0.2) is 34.6 Å². The van der Waals surface area contributed by atoms with Crippen molar-refractivity contribution in [1.82, 2.24) is 19.7 Å². The molecule has 3 aromatic heterocycles. The summed E-state index contributed by atoms with van der Waals surface area (Å²) in [4.78, 5) is 10.2. The quantitative estimate of drug-likeness (QED) is 0.771. The van der Waals surface area contributed by atoms with Gasteiger partial charge in [-0.05, 0) is 52.2 Å². The van der Waals surface area contributed by atoms with E-state index in [1.54, 1.807) is 11.1 Å². The Balaban J connectivity index is 1.56. The Morgan fingerprint density at radius 1 is 1.38 bits per heavy atom. The Bertz CT molecular complexity index is 779. The van der Waals surface area contributed by atoms with Gasteiger partial charge in [0.25, 0.3) is 0 Å². The first-order chi connectivity index (χ1) is 10.3. The van der Waals surface area contributed by atoms with E-state index in [0.29, 0.717) is 6.04 Å². The smallest absolute Gasteiger partial charge is 0.155 e. The van der Waals surface area contributed by atoms with Crippen LogP contribution in [0.1, 0.15) is 35.0 Å². The lowest BCUT2D eigenvalue weighted by Crippen LogP contribution is -2.24. The number of rotatable bonds is 3. The summed E-state index contributed by atoms with van der Waals surface area (Å²) in [5.41, 5.74) is 3.54. The predicted octanol–water partition coefficient (Wildman–Crippen LogP) is 3.72. The Kier molecular flexibility index (Phi) is 3.52. The molecule has 0 fully saturated rings. The maximum Gasteiger partial charge on any atom is 0.155 e. The highest BCUT2D eigenvalue weighted by Gasteiger charge is 2.20. The molecule has 0 aliphatic heterocycles. The summed E-state index contributed by atoms with van der Waals surface area (Å²) in [6.07, 6.45) is 9.40. The van der Waals surface area contributed by atoms with Crippen molar-refractivity contribution in [2.24, 2.45) is 0 Å². The molecule has 6 heteroatoms. The van der Waals surface area contributed by atoms with Crippen LogP contribution in [0.3, 0.4) is 0 Å². The highest BCUT2D eigenvalue weighted by Crippen LogP contribution is 2.33. The molecular formula is C15H15BrN4S. The topological polar surface area (TPSA) is 42.2 Å². The van der Waals surface area contributed by atoms with E-state index in [9.17, 15) is 0 Å². The average molecular weight is 363 g/mol. The second kappa shape index (κ2) is 5.51. The zero-order chi connectivity index (χ0) is 14.2. The van der Waals surface area contributed by atoms with Gasteiger partial charge in [-0.1, -0.05) is 0 Å². The van der Waals surface area contributed by atoms with E-state index < -0.39 is 0 Å². The van der Waals surface area contributed by atoms with E-state index >= 15 is 0 Å². The molecule has 21 heavy (non-hydrogen) atoms. The first-order valence-corrected chi connectivity index (χ1v) is 8.75. The Labute approximate surface area is 135 Å². The van der Waals surface area contributed by atoms with Crippen molar-refractivity contribution in [3.63, 3.8) is 0 Å². The summed E-state index contributed by atoms with van der Waals surface area (Å²) < 4.78 is 2.91. The van der Waals surface area contributed by atoms with Crippen LogP contribution >= 0.6 is 27.3 Å². The molecule has 0 spiro atoms. The van der Waals surface area contributed by atoms with Gasteiger partial charge in [0.15, 0.2) is 5.65 Å². The Morgan fingerprint density at radius 2 is 2.33 bits per heavy atom. The average Bonchev–Trinajstić information content (AvgIpc) is 3.11. The molecule has 1 N–H and O–H groups in total. The van der Waals surface area contributed by atoms with Crippen molar-refractivity contribution in [1.29, 1.82) is 0 Å². The first-order valence-electron chi connectivity index (χ1n) is 7.08. The van der Waals surface area contributed by atoms with Crippen LogP contribution in [0.25, 0.3) is 5.65 Å².